The Morgan fingerprint density at radius 1 is 1.32 bits per heavy atom. The van der Waals surface area contributed by atoms with Crippen molar-refractivity contribution in [3.8, 4) is 0 Å². The maximum atomic E-state index is 13.7. The van der Waals surface area contributed by atoms with Crippen LogP contribution in [0.1, 0.15) is 20.1 Å². The van der Waals surface area contributed by atoms with Gasteiger partial charge in [-0.2, -0.15) is 0 Å². The van der Waals surface area contributed by atoms with Gasteiger partial charge in [0.15, 0.2) is 31.1 Å². The van der Waals surface area contributed by atoms with Crippen LogP contribution in [0.2, 0.25) is 0 Å². The highest BCUT2D eigenvalue weighted by molar-refractivity contribution is 7.70. The number of nitrogen functional groups attached to an aromatic ring is 1. The van der Waals surface area contributed by atoms with Crippen molar-refractivity contribution in [1.82, 2.24) is 19.5 Å². The van der Waals surface area contributed by atoms with E-state index in [1.807, 2.05) is 0 Å². The molecular weight excluding hydrogens is 463 g/mol. The maximum absolute atomic E-state index is 13.7. The number of halogens is 1. The number of imidazole rings is 1. The summed E-state index contributed by atoms with van der Waals surface area (Å²) in [5.74, 6) is -0.920. The number of nitrogens with two attached hydrogens (primary N) is 1. The first-order valence-corrected chi connectivity index (χ1v) is 12.2. The summed E-state index contributed by atoms with van der Waals surface area (Å²) in [7, 11) is -11.1. The second kappa shape index (κ2) is 7.51. The van der Waals surface area contributed by atoms with E-state index >= 15 is 0 Å². The van der Waals surface area contributed by atoms with Gasteiger partial charge in [-0.1, -0.05) is 0 Å². The molecule has 4 heterocycles. The highest BCUT2D eigenvalue weighted by Gasteiger charge is 2.56. The van der Waals surface area contributed by atoms with E-state index in [1.54, 1.807) is 13.8 Å². The van der Waals surface area contributed by atoms with Crippen molar-refractivity contribution in [3.05, 3.63) is 12.7 Å². The van der Waals surface area contributed by atoms with Crippen molar-refractivity contribution >= 4 is 32.2 Å². The Morgan fingerprint density at radius 3 is 2.68 bits per heavy atom. The molecule has 0 amide bonds. The Labute approximate surface area is 174 Å². The Bertz CT molecular complexity index is 1090. The largest absolute Gasteiger partial charge is 0.776 e. The quantitative estimate of drug-likeness (QED) is 0.458. The summed E-state index contributed by atoms with van der Waals surface area (Å²) in [6.45, 7) is 2.51. The molecule has 2 saturated heterocycles. The molecule has 6 unspecified atom stereocenters. The molecule has 2 aromatic rings. The van der Waals surface area contributed by atoms with E-state index in [1.165, 1.54) is 17.2 Å². The van der Waals surface area contributed by atoms with E-state index in [2.05, 4.69) is 19.5 Å². The van der Waals surface area contributed by atoms with Crippen LogP contribution in [-0.4, -0.2) is 65.7 Å². The second-order valence-corrected chi connectivity index (χ2v) is 11.3. The fourth-order valence-corrected chi connectivity index (χ4v) is 5.65. The minimum absolute atomic E-state index is 0.140. The number of fused-ring (bicyclic) bond motifs is 2. The van der Waals surface area contributed by atoms with Crippen LogP contribution >= 0.6 is 15.2 Å². The Balaban J connectivity index is 1.60. The van der Waals surface area contributed by atoms with E-state index in [0.717, 1.165) is 0 Å². The van der Waals surface area contributed by atoms with Crippen LogP contribution in [0.25, 0.3) is 11.2 Å². The molecule has 0 aliphatic carbocycles. The molecule has 17 heteroatoms. The Morgan fingerprint density at radius 2 is 2.00 bits per heavy atom. The van der Waals surface area contributed by atoms with Gasteiger partial charge in [0.2, 0.25) is 0 Å². The minimum atomic E-state index is -5.57. The number of anilines is 1. The third-order valence-electron chi connectivity index (χ3n) is 4.74. The lowest BCUT2D eigenvalue weighted by Gasteiger charge is -2.29. The monoisotopic (exact) mass is 482 g/mol. The highest BCUT2D eigenvalue weighted by Crippen LogP contribution is 2.61. The Hall–Kier alpha value is -1.54. The molecule has 4 N–H and O–H groups in total. The molecule has 2 aromatic heterocycles. The Kier molecular flexibility index (Phi) is 5.49. The molecular formula is C14H19FN5O9P2-. The van der Waals surface area contributed by atoms with Gasteiger partial charge in [0.25, 0.3) is 5.65 Å². The van der Waals surface area contributed by atoms with Gasteiger partial charge in [-0.05, 0) is 13.8 Å². The lowest BCUT2D eigenvalue weighted by Crippen LogP contribution is -2.33. The van der Waals surface area contributed by atoms with Crippen LogP contribution < -0.4 is 10.6 Å². The summed E-state index contributed by atoms with van der Waals surface area (Å²) in [6.07, 6.45) is -0.959. The number of ether oxygens (including phenoxy) is 3. The molecule has 0 spiro atoms. The van der Waals surface area contributed by atoms with E-state index < -0.39 is 57.8 Å². The third kappa shape index (κ3) is 4.13. The van der Waals surface area contributed by atoms with Crippen LogP contribution in [-0.2, 0) is 27.9 Å². The molecule has 2 aliphatic rings. The molecule has 6 atom stereocenters. The smallest absolute Gasteiger partial charge is 0.368 e. The van der Waals surface area contributed by atoms with E-state index in [0.29, 0.717) is 11.2 Å². The minimum Gasteiger partial charge on any atom is -0.776 e. The predicted molar refractivity (Wildman–Crippen MR) is 98.0 cm³/mol. The number of hydrogen-bond donors (Lipinski definition) is 3. The normalized spacial score (nSPS) is 30.9. The van der Waals surface area contributed by atoms with Crippen molar-refractivity contribution in [3.63, 3.8) is 0 Å². The number of aromatic nitrogens is 4. The van der Waals surface area contributed by atoms with Crippen molar-refractivity contribution in [1.29, 1.82) is 0 Å². The molecule has 2 fully saturated rings. The lowest BCUT2D eigenvalue weighted by atomic mass is 10.1. The van der Waals surface area contributed by atoms with Crippen molar-refractivity contribution in [2.24, 2.45) is 0 Å². The molecule has 2 aliphatic heterocycles. The molecule has 0 bridgehead atoms. The van der Waals surface area contributed by atoms with Gasteiger partial charge in [0, 0.05) is 0 Å². The van der Waals surface area contributed by atoms with Gasteiger partial charge in [-0.15, -0.1) is 0 Å². The van der Waals surface area contributed by atoms with Gasteiger partial charge in [-0.3, -0.25) is 9.13 Å². The first-order valence-electron chi connectivity index (χ1n) is 8.89. The highest BCUT2D eigenvalue weighted by atomic mass is 31.2. The molecule has 14 nitrogen and oxygen atoms in total. The van der Waals surface area contributed by atoms with Gasteiger partial charge < -0.3 is 43.7 Å². The van der Waals surface area contributed by atoms with Gasteiger partial charge in [-0.25, -0.2) is 19.3 Å². The molecule has 0 aromatic carbocycles. The molecule has 0 saturated carbocycles. The number of hydrogen-bond acceptors (Lipinski definition) is 11. The van der Waals surface area contributed by atoms with Crippen molar-refractivity contribution in [2.75, 3.05) is 12.3 Å². The van der Waals surface area contributed by atoms with Crippen LogP contribution in [0, 0.1) is 0 Å². The van der Waals surface area contributed by atoms with Crippen LogP contribution in [0.5, 0.6) is 0 Å². The number of rotatable bonds is 6. The zero-order chi connectivity index (χ0) is 22.8. The SMILES string of the molecule is CC1(C)OC2C(COP(=O)([O-])C(F)P(=O)(O)O)OC(n3cnc4c(N)ncnc43)C2O1. The summed E-state index contributed by atoms with van der Waals surface area (Å²) in [5.41, 5.74) is 2.93. The summed E-state index contributed by atoms with van der Waals surface area (Å²) < 4.78 is 60.0. The van der Waals surface area contributed by atoms with E-state index in [9.17, 15) is 18.4 Å². The lowest BCUT2D eigenvalue weighted by molar-refractivity contribution is -0.214. The number of nitrogens with zero attached hydrogens (tertiary/aromatic N) is 4. The average molecular weight is 482 g/mol. The second-order valence-electron chi connectivity index (χ2n) is 7.45. The average Bonchev–Trinajstić information content (AvgIpc) is 3.30. The third-order valence-corrected chi connectivity index (χ3v) is 8.08. The first kappa shape index (κ1) is 22.6. The topological polar surface area (TPSA) is 204 Å². The summed E-state index contributed by atoms with van der Waals surface area (Å²) in [6, 6.07) is 0. The molecule has 31 heavy (non-hydrogen) atoms. The summed E-state index contributed by atoms with van der Waals surface area (Å²) in [5, 5.41) is 0. The molecule has 0 radical (unpaired) electrons. The predicted octanol–water partition coefficient (Wildman–Crippen LogP) is -0.173. The maximum Gasteiger partial charge on any atom is 0.368 e. The van der Waals surface area contributed by atoms with Gasteiger partial charge in [0.05, 0.1) is 12.9 Å². The van der Waals surface area contributed by atoms with Crippen LogP contribution in [0.4, 0.5) is 10.2 Å². The summed E-state index contributed by atoms with van der Waals surface area (Å²) >= 11 is 0. The van der Waals surface area contributed by atoms with Gasteiger partial charge >= 0.3 is 7.60 Å². The fraction of sp³-hybridized carbons (Fsp3) is 0.643. The van der Waals surface area contributed by atoms with Crippen LogP contribution in [0.15, 0.2) is 12.7 Å². The fourth-order valence-electron chi connectivity index (χ4n) is 3.50. The molecule has 172 valence electrons. The van der Waals surface area contributed by atoms with Crippen LogP contribution in [0.3, 0.4) is 0 Å². The van der Waals surface area contributed by atoms with E-state index in [4.69, 9.17) is 29.7 Å². The zero-order valence-electron chi connectivity index (χ0n) is 16.1. The van der Waals surface area contributed by atoms with Gasteiger partial charge in [0.1, 0.15) is 30.2 Å². The standard InChI is InChI=1S/C14H20FN5O9P2/c1-14(2)28-8-6(3-26-31(24,25)13(15)30(21,22)23)27-12(9(8)29-14)20-5-19-7-10(16)17-4-18-11(7)20/h4-6,8-9,12-13H,3H2,1-2H3,(H,24,25)(H2,16,17,18)(H2,21,22,23)/p-1. The van der Waals surface area contributed by atoms with Crippen molar-refractivity contribution in [2.45, 2.75) is 49.8 Å². The van der Waals surface area contributed by atoms with E-state index in [-0.39, 0.29) is 5.82 Å². The zero-order valence-corrected chi connectivity index (χ0v) is 17.9. The first-order chi connectivity index (χ1) is 14.3. The summed E-state index contributed by atoms with van der Waals surface area (Å²) in [4.78, 5) is 41.6. The van der Waals surface area contributed by atoms with Crippen molar-refractivity contribution < 1.29 is 46.9 Å². The number of alkyl halides is 1. The molecule has 4 rings (SSSR count).